The highest BCUT2D eigenvalue weighted by molar-refractivity contribution is 7.08. The van der Waals surface area contributed by atoms with E-state index >= 15 is 0 Å². The molecule has 2 aromatic rings. The molecular weight excluding hydrogens is 313 g/mol. The van der Waals surface area contributed by atoms with Gasteiger partial charge in [0.05, 0.1) is 12.0 Å². The first-order valence-corrected chi connectivity index (χ1v) is 8.68. The molecule has 3 rings (SSSR count). The molecule has 1 heterocycles. The summed E-state index contributed by atoms with van der Waals surface area (Å²) in [5, 5.41) is 17.2. The zero-order valence-corrected chi connectivity index (χ0v) is 13.8. The van der Waals surface area contributed by atoms with Crippen molar-refractivity contribution in [2.24, 2.45) is 0 Å². The molecular formula is C18H20FNO2S. The summed E-state index contributed by atoms with van der Waals surface area (Å²) in [6, 6.07) is 8.01. The molecule has 2 N–H and O–H groups in total. The first-order valence-electron chi connectivity index (χ1n) is 7.73. The van der Waals surface area contributed by atoms with E-state index in [4.69, 9.17) is 0 Å². The summed E-state index contributed by atoms with van der Waals surface area (Å²) >= 11 is 1.51. The van der Waals surface area contributed by atoms with Crippen molar-refractivity contribution < 1.29 is 14.3 Å². The largest absolute Gasteiger partial charge is 0.384 e. The van der Waals surface area contributed by atoms with Crippen LogP contribution in [-0.4, -0.2) is 17.6 Å². The Balaban J connectivity index is 1.72. The topological polar surface area (TPSA) is 49.3 Å². The average Bonchev–Trinajstić information content (AvgIpc) is 3.01. The summed E-state index contributed by atoms with van der Waals surface area (Å²) in [6.45, 7) is 1.85. The Morgan fingerprint density at radius 3 is 2.57 bits per heavy atom. The maximum Gasteiger partial charge on any atom is 0.230 e. The van der Waals surface area contributed by atoms with Crippen LogP contribution in [0.5, 0.6) is 0 Å². The Morgan fingerprint density at radius 1 is 1.35 bits per heavy atom. The van der Waals surface area contributed by atoms with Crippen LogP contribution in [0, 0.1) is 5.82 Å². The van der Waals surface area contributed by atoms with E-state index in [1.807, 2.05) is 16.8 Å². The number of hydrogen-bond donors (Lipinski definition) is 2. The Morgan fingerprint density at radius 2 is 2.04 bits per heavy atom. The molecule has 1 aromatic heterocycles. The number of nitrogens with one attached hydrogen (secondary N) is 1. The summed E-state index contributed by atoms with van der Waals surface area (Å²) in [5.74, 6) is -0.394. The van der Waals surface area contributed by atoms with E-state index in [-0.39, 0.29) is 18.3 Å². The van der Waals surface area contributed by atoms with Crippen LogP contribution in [0.1, 0.15) is 37.3 Å². The zero-order chi connectivity index (χ0) is 16.5. The second-order valence-corrected chi connectivity index (χ2v) is 7.19. The summed E-state index contributed by atoms with van der Waals surface area (Å²) < 4.78 is 13.1. The van der Waals surface area contributed by atoms with Crippen LogP contribution in [0.25, 0.3) is 0 Å². The highest BCUT2D eigenvalue weighted by atomic mass is 32.1. The normalized spacial score (nSPS) is 18.7. The monoisotopic (exact) mass is 333 g/mol. The highest BCUT2D eigenvalue weighted by Gasteiger charge is 2.45. The van der Waals surface area contributed by atoms with E-state index in [0.717, 1.165) is 30.4 Å². The third-order valence-electron chi connectivity index (χ3n) is 4.77. The van der Waals surface area contributed by atoms with Gasteiger partial charge in [-0.05, 0) is 59.9 Å². The van der Waals surface area contributed by atoms with Crippen LogP contribution < -0.4 is 5.32 Å². The van der Waals surface area contributed by atoms with Crippen molar-refractivity contribution in [2.75, 3.05) is 6.54 Å². The van der Waals surface area contributed by atoms with Gasteiger partial charge in [0, 0.05) is 0 Å². The summed E-state index contributed by atoms with van der Waals surface area (Å²) in [7, 11) is 0. The molecule has 3 nitrogen and oxygen atoms in total. The molecule has 1 amide bonds. The van der Waals surface area contributed by atoms with Gasteiger partial charge in [0.25, 0.3) is 0 Å². The number of halogens is 1. The Bertz CT molecular complexity index is 676. The fourth-order valence-electron chi connectivity index (χ4n) is 3.04. The molecule has 0 radical (unpaired) electrons. The first-order chi connectivity index (χ1) is 10.9. The van der Waals surface area contributed by atoms with Crippen molar-refractivity contribution in [1.29, 1.82) is 0 Å². The molecule has 0 aliphatic heterocycles. The van der Waals surface area contributed by atoms with Gasteiger partial charge in [0.1, 0.15) is 11.4 Å². The lowest BCUT2D eigenvalue weighted by Gasteiger charge is -2.41. The van der Waals surface area contributed by atoms with Gasteiger partial charge in [-0.15, -0.1) is 0 Å². The first kappa shape index (κ1) is 16.1. The van der Waals surface area contributed by atoms with Crippen molar-refractivity contribution in [3.8, 4) is 0 Å². The van der Waals surface area contributed by atoms with Gasteiger partial charge in [-0.25, -0.2) is 4.39 Å². The fraction of sp³-hybridized carbons (Fsp3) is 0.389. The van der Waals surface area contributed by atoms with Crippen LogP contribution >= 0.6 is 11.3 Å². The van der Waals surface area contributed by atoms with Gasteiger partial charge in [0.15, 0.2) is 0 Å². The quantitative estimate of drug-likeness (QED) is 0.882. The number of thiophene rings is 1. The van der Waals surface area contributed by atoms with Gasteiger partial charge >= 0.3 is 0 Å². The molecule has 0 saturated heterocycles. The molecule has 122 valence electrons. The smallest absolute Gasteiger partial charge is 0.230 e. The van der Waals surface area contributed by atoms with Crippen LogP contribution in [0.3, 0.4) is 0 Å². The van der Waals surface area contributed by atoms with Crippen LogP contribution in [0.4, 0.5) is 4.39 Å². The van der Waals surface area contributed by atoms with Gasteiger partial charge in [-0.1, -0.05) is 18.6 Å². The van der Waals surface area contributed by atoms with Crippen molar-refractivity contribution >= 4 is 17.2 Å². The summed E-state index contributed by atoms with van der Waals surface area (Å²) in [5.41, 5.74) is -0.0352. The van der Waals surface area contributed by atoms with Gasteiger partial charge in [-0.2, -0.15) is 11.3 Å². The number of hydrogen-bond acceptors (Lipinski definition) is 3. The molecule has 1 saturated carbocycles. The predicted octanol–water partition coefficient (Wildman–Crippen LogP) is 3.33. The van der Waals surface area contributed by atoms with E-state index < -0.39 is 11.0 Å². The van der Waals surface area contributed by atoms with Crippen molar-refractivity contribution in [3.05, 3.63) is 58.0 Å². The molecule has 1 atom stereocenters. The SMILES string of the molecule is CC(O)(CNC(=O)C1(c2ccc(F)cc2)CCC1)c1ccsc1. The standard InChI is InChI=1S/C18H20FNO2S/c1-17(22,14-7-10-23-11-14)12-20-16(21)18(8-2-9-18)13-3-5-15(19)6-4-13/h3-7,10-11,22H,2,8-9,12H2,1H3,(H,20,21). The molecule has 1 aliphatic rings. The molecule has 23 heavy (non-hydrogen) atoms. The second kappa shape index (κ2) is 6.06. The number of carbonyl (C=O) groups is 1. The molecule has 5 heteroatoms. The van der Waals surface area contributed by atoms with Gasteiger partial charge in [0.2, 0.25) is 5.91 Å². The molecule has 0 bridgehead atoms. The Hall–Kier alpha value is -1.72. The lowest BCUT2D eigenvalue weighted by Crippen LogP contribution is -2.52. The van der Waals surface area contributed by atoms with E-state index in [0.29, 0.717) is 0 Å². The number of rotatable bonds is 5. The van der Waals surface area contributed by atoms with Crippen LogP contribution in [0.2, 0.25) is 0 Å². The van der Waals surface area contributed by atoms with Gasteiger partial charge in [-0.3, -0.25) is 4.79 Å². The predicted molar refractivity (Wildman–Crippen MR) is 88.8 cm³/mol. The van der Waals surface area contributed by atoms with E-state index in [9.17, 15) is 14.3 Å². The van der Waals surface area contributed by atoms with Crippen LogP contribution in [-0.2, 0) is 15.8 Å². The molecule has 1 unspecified atom stereocenters. The number of amides is 1. The van der Waals surface area contributed by atoms with Crippen molar-refractivity contribution in [1.82, 2.24) is 5.32 Å². The zero-order valence-electron chi connectivity index (χ0n) is 13.0. The maximum absolute atomic E-state index is 13.1. The lowest BCUT2D eigenvalue weighted by atomic mass is 9.63. The minimum Gasteiger partial charge on any atom is -0.384 e. The molecule has 1 aliphatic carbocycles. The van der Waals surface area contributed by atoms with Gasteiger partial charge < -0.3 is 10.4 Å². The average molecular weight is 333 g/mol. The van der Waals surface area contributed by atoms with Crippen molar-refractivity contribution in [3.63, 3.8) is 0 Å². The van der Waals surface area contributed by atoms with Crippen LogP contribution in [0.15, 0.2) is 41.1 Å². The third-order valence-corrected chi connectivity index (χ3v) is 5.46. The Kier molecular flexibility index (Phi) is 4.25. The summed E-state index contributed by atoms with van der Waals surface area (Å²) in [4.78, 5) is 12.7. The second-order valence-electron chi connectivity index (χ2n) is 6.41. The molecule has 1 fully saturated rings. The number of benzene rings is 1. The maximum atomic E-state index is 13.1. The number of aliphatic hydroxyl groups is 1. The number of carbonyl (C=O) groups excluding carboxylic acids is 1. The third kappa shape index (κ3) is 3.03. The van der Waals surface area contributed by atoms with Crippen molar-refractivity contribution in [2.45, 2.75) is 37.2 Å². The van der Waals surface area contributed by atoms with E-state index in [1.165, 1.54) is 23.5 Å². The minimum atomic E-state index is -1.09. The summed E-state index contributed by atoms with van der Waals surface area (Å²) in [6.07, 6.45) is 2.49. The van der Waals surface area contributed by atoms with E-state index in [1.54, 1.807) is 19.1 Å². The lowest BCUT2D eigenvalue weighted by molar-refractivity contribution is -0.131. The molecule has 1 aromatic carbocycles. The highest BCUT2D eigenvalue weighted by Crippen LogP contribution is 2.44. The molecule has 0 spiro atoms. The van der Waals surface area contributed by atoms with E-state index in [2.05, 4.69) is 5.32 Å². The Labute approximate surface area is 139 Å². The fourth-order valence-corrected chi connectivity index (χ4v) is 3.82. The minimum absolute atomic E-state index is 0.0918.